The van der Waals surface area contributed by atoms with Gasteiger partial charge >= 0.3 is 0 Å². The summed E-state index contributed by atoms with van der Waals surface area (Å²) >= 11 is 0. The molecule has 7 nitrogen and oxygen atoms in total. The van der Waals surface area contributed by atoms with Gasteiger partial charge in [-0.15, -0.1) is 0 Å². The predicted octanol–water partition coefficient (Wildman–Crippen LogP) is 0.467. The molecule has 23 heavy (non-hydrogen) atoms. The van der Waals surface area contributed by atoms with Gasteiger partial charge in [-0.1, -0.05) is 0 Å². The van der Waals surface area contributed by atoms with E-state index in [-0.39, 0.29) is 11.8 Å². The second-order valence-corrected chi connectivity index (χ2v) is 5.57. The summed E-state index contributed by atoms with van der Waals surface area (Å²) in [6.07, 6.45) is 1.87. The summed E-state index contributed by atoms with van der Waals surface area (Å²) in [5.41, 5.74) is 0. The topological polar surface area (TPSA) is 75.0 Å². The number of rotatable bonds is 8. The Hall–Kier alpha value is -1.86. The number of ether oxygens (including phenoxy) is 1. The van der Waals surface area contributed by atoms with Gasteiger partial charge in [-0.05, 0) is 12.1 Å². The van der Waals surface area contributed by atoms with Gasteiger partial charge in [0.1, 0.15) is 5.76 Å². The van der Waals surface area contributed by atoms with Crippen LogP contribution in [-0.2, 0) is 20.9 Å². The van der Waals surface area contributed by atoms with Crippen LogP contribution in [0.1, 0.15) is 19.1 Å². The molecule has 1 aromatic heterocycles. The van der Waals surface area contributed by atoms with E-state index in [1.54, 1.807) is 17.2 Å². The molecule has 1 fully saturated rings. The van der Waals surface area contributed by atoms with Gasteiger partial charge in [0.05, 0.1) is 26.0 Å². The molecule has 2 rings (SSSR count). The second-order valence-electron chi connectivity index (χ2n) is 5.57. The molecule has 1 N–H and O–H groups in total. The first-order valence-electron chi connectivity index (χ1n) is 8.00. The van der Waals surface area contributed by atoms with Crippen molar-refractivity contribution in [2.24, 2.45) is 0 Å². The van der Waals surface area contributed by atoms with Crippen LogP contribution in [0.5, 0.6) is 0 Å². The first-order chi connectivity index (χ1) is 11.1. The van der Waals surface area contributed by atoms with Crippen molar-refractivity contribution >= 4 is 11.8 Å². The van der Waals surface area contributed by atoms with Gasteiger partial charge in [0.25, 0.3) is 0 Å². The van der Waals surface area contributed by atoms with Crippen molar-refractivity contribution in [3.05, 3.63) is 24.2 Å². The number of hydrogen-bond donors (Lipinski definition) is 1. The van der Waals surface area contributed by atoms with Gasteiger partial charge in [0, 0.05) is 46.1 Å². The zero-order chi connectivity index (χ0) is 16.5. The van der Waals surface area contributed by atoms with Gasteiger partial charge in [0.2, 0.25) is 11.8 Å². The van der Waals surface area contributed by atoms with E-state index < -0.39 is 0 Å². The maximum absolute atomic E-state index is 11.9. The minimum atomic E-state index is -0.0671. The summed E-state index contributed by atoms with van der Waals surface area (Å²) in [4.78, 5) is 27.4. The monoisotopic (exact) mass is 323 g/mol. The maximum atomic E-state index is 11.9. The van der Waals surface area contributed by atoms with Crippen molar-refractivity contribution in [2.75, 3.05) is 45.9 Å². The Morgan fingerprint density at radius 2 is 2.13 bits per heavy atom. The van der Waals surface area contributed by atoms with E-state index in [2.05, 4.69) is 10.2 Å². The van der Waals surface area contributed by atoms with E-state index in [1.165, 1.54) is 6.92 Å². The lowest BCUT2D eigenvalue weighted by molar-refractivity contribution is -0.130. The number of nitrogens with zero attached hydrogens (tertiary/aromatic N) is 2. The summed E-state index contributed by atoms with van der Waals surface area (Å²) in [5, 5.41) is 2.90. The number of furan rings is 1. The lowest BCUT2D eigenvalue weighted by atomic mass is 10.3. The quantitative estimate of drug-likeness (QED) is 0.752. The van der Waals surface area contributed by atoms with E-state index in [0.29, 0.717) is 31.8 Å². The Kier molecular flexibility index (Phi) is 7.09. The lowest BCUT2D eigenvalue weighted by Gasteiger charge is -2.26. The van der Waals surface area contributed by atoms with E-state index in [4.69, 9.17) is 9.15 Å². The third-order valence-electron chi connectivity index (χ3n) is 3.83. The van der Waals surface area contributed by atoms with Crippen LogP contribution in [-0.4, -0.2) is 67.6 Å². The van der Waals surface area contributed by atoms with Crippen LogP contribution in [0.15, 0.2) is 22.8 Å². The third kappa shape index (κ3) is 6.42. The smallest absolute Gasteiger partial charge is 0.221 e. The number of hydrogen-bond acceptors (Lipinski definition) is 5. The highest BCUT2D eigenvalue weighted by Crippen LogP contribution is 2.06. The van der Waals surface area contributed by atoms with Crippen LogP contribution in [0.25, 0.3) is 0 Å². The molecular formula is C16H25N3O4. The fourth-order valence-corrected chi connectivity index (χ4v) is 2.44. The van der Waals surface area contributed by atoms with E-state index in [9.17, 15) is 9.59 Å². The molecule has 0 bridgehead atoms. The Morgan fingerprint density at radius 1 is 1.35 bits per heavy atom. The highest BCUT2D eigenvalue weighted by Gasteiger charge is 2.14. The number of nitrogens with one attached hydrogen (secondary N) is 1. The average molecular weight is 323 g/mol. The SMILES string of the molecule is CC(=O)N(CCC(=O)NCCN1CCOCC1)Cc1ccco1. The van der Waals surface area contributed by atoms with Gasteiger partial charge in [-0.3, -0.25) is 14.5 Å². The molecular weight excluding hydrogens is 298 g/mol. The Bertz CT molecular complexity index is 484. The minimum Gasteiger partial charge on any atom is -0.467 e. The minimum absolute atomic E-state index is 0.0380. The first kappa shape index (κ1) is 17.5. The maximum Gasteiger partial charge on any atom is 0.221 e. The van der Waals surface area contributed by atoms with Crippen molar-refractivity contribution in [3.8, 4) is 0 Å². The van der Waals surface area contributed by atoms with Crippen molar-refractivity contribution < 1.29 is 18.7 Å². The van der Waals surface area contributed by atoms with Crippen molar-refractivity contribution in [2.45, 2.75) is 19.9 Å². The van der Waals surface area contributed by atoms with Crippen molar-refractivity contribution in [1.82, 2.24) is 15.1 Å². The number of amides is 2. The van der Waals surface area contributed by atoms with Crippen molar-refractivity contribution in [1.29, 1.82) is 0 Å². The fourth-order valence-electron chi connectivity index (χ4n) is 2.44. The summed E-state index contributed by atoms with van der Waals surface area (Å²) in [7, 11) is 0. The molecule has 2 amide bonds. The molecule has 1 aliphatic rings. The molecule has 0 spiro atoms. The molecule has 0 radical (unpaired) electrons. The largest absolute Gasteiger partial charge is 0.467 e. The van der Waals surface area contributed by atoms with Crippen molar-refractivity contribution in [3.63, 3.8) is 0 Å². The van der Waals surface area contributed by atoms with Gasteiger partial charge in [-0.2, -0.15) is 0 Å². The van der Waals surface area contributed by atoms with Crippen LogP contribution in [0.2, 0.25) is 0 Å². The lowest BCUT2D eigenvalue weighted by Crippen LogP contribution is -2.41. The Morgan fingerprint density at radius 3 is 2.78 bits per heavy atom. The molecule has 0 aromatic carbocycles. The molecule has 7 heteroatoms. The van der Waals surface area contributed by atoms with Crippen LogP contribution in [0.3, 0.4) is 0 Å². The predicted molar refractivity (Wildman–Crippen MR) is 84.7 cm³/mol. The van der Waals surface area contributed by atoms with E-state index in [0.717, 1.165) is 32.8 Å². The Balaban J connectivity index is 1.64. The van der Waals surface area contributed by atoms with Crippen LogP contribution < -0.4 is 5.32 Å². The third-order valence-corrected chi connectivity index (χ3v) is 3.83. The molecule has 0 aliphatic carbocycles. The highest BCUT2D eigenvalue weighted by atomic mass is 16.5. The molecule has 2 heterocycles. The molecule has 0 unspecified atom stereocenters. The summed E-state index contributed by atoms with van der Waals surface area (Å²) in [6.45, 7) is 7.08. The number of carbonyl (C=O) groups excluding carboxylic acids is 2. The Labute approximate surface area is 136 Å². The molecule has 0 saturated carbocycles. The van der Waals surface area contributed by atoms with Crippen LogP contribution in [0, 0.1) is 0 Å². The van der Waals surface area contributed by atoms with Gasteiger partial charge < -0.3 is 19.4 Å². The molecule has 1 aromatic rings. The van der Waals surface area contributed by atoms with Crippen LogP contribution >= 0.6 is 0 Å². The van der Waals surface area contributed by atoms with Gasteiger partial charge in [-0.25, -0.2) is 0 Å². The number of morpholine rings is 1. The normalized spacial score (nSPS) is 15.3. The standard InChI is InChI=1S/C16H25N3O4/c1-14(20)19(13-15-3-2-10-23-15)6-4-16(21)17-5-7-18-8-11-22-12-9-18/h2-3,10H,4-9,11-13H2,1H3,(H,17,21). The highest BCUT2D eigenvalue weighted by molar-refractivity contribution is 5.77. The zero-order valence-electron chi connectivity index (χ0n) is 13.6. The van der Waals surface area contributed by atoms with Gasteiger partial charge in [0.15, 0.2) is 0 Å². The molecule has 0 atom stereocenters. The summed E-state index contributed by atoms with van der Waals surface area (Å²) in [5.74, 6) is 0.611. The average Bonchev–Trinajstić information content (AvgIpc) is 3.05. The molecule has 1 saturated heterocycles. The second kappa shape index (κ2) is 9.32. The first-order valence-corrected chi connectivity index (χ1v) is 8.00. The molecule has 1 aliphatic heterocycles. The summed E-state index contributed by atoms with van der Waals surface area (Å²) < 4.78 is 10.5. The number of carbonyl (C=O) groups is 2. The fraction of sp³-hybridized carbons (Fsp3) is 0.625. The molecule has 128 valence electrons. The van der Waals surface area contributed by atoms with E-state index >= 15 is 0 Å². The summed E-state index contributed by atoms with van der Waals surface area (Å²) in [6, 6.07) is 3.60. The van der Waals surface area contributed by atoms with E-state index in [1.807, 2.05) is 6.07 Å². The zero-order valence-corrected chi connectivity index (χ0v) is 13.6. The van der Waals surface area contributed by atoms with Crippen LogP contribution in [0.4, 0.5) is 0 Å².